The Bertz CT molecular complexity index is 658. The summed E-state index contributed by atoms with van der Waals surface area (Å²) < 4.78 is 33.3. The lowest BCUT2D eigenvalue weighted by Gasteiger charge is -2.43. The summed E-state index contributed by atoms with van der Waals surface area (Å²) in [5, 5.41) is 9.33. The lowest BCUT2D eigenvalue weighted by molar-refractivity contribution is 0.00296. The first-order valence-electron chi connectivity index (χ1n) is 6.52. The summed E-state index contributed by atoms with van der Waals surface area (Å²) in [6, 6.07) is 3.71. The molecule has 110 valence electrons. The quantitative estimate of drug-likeness (QED) is 0.862. The van der Waals surface area contributed by atoms with Gasteiger partial charge in [0.25, 0.3) is 0 Å². The molecular weight excluding hydrogens is 296 g/mol. The van der Waals surface area contributed by atoms with Crippen LogP contribution in [0.2, 0.25) is 0 Å². The van der Waals surface area contributed by atoms with Crippen LogP contribution in [0.5, 0.6) is 0 Å². The second-order valence-electron chi connectivity index (χ2n) is 5.15. The minimum atomic E-state index is -0.961. The van der Waals surface area contributed by atoms with Crippen LogP contribution >= 0.6 is 11.8 Å². The highest BCUT2D eigenvalue weighted by Gasteiger charge is 2.47. The number of hydrogen-bond acceptors (Lipinski definition) is 5. The number of amidine groups is 1. The van der Waals surface area contributed by atoms with Gasteiger partial charge in [-0.3, -0.25) is 0 Å². The molecule has 3 rings (SSSR count). The molecule has 21 heavy (non-hydrogen) atoms. The summed E-state index contributed by atoms with van der Waals surface area (Å²) in [6.07, 6.45) is 0.725. The highest BCUT2D eigenvalue weighted by atomic mass is 32.2. The Hall–Kier alpha value is -1.65. The van der Waals surface area contributed by atoms with Crippen LogP contribution in [-0.2, 0) is 10.3 Å². The molecule has 2 aliphatic heterocycles. The zero-order chi connectivity index (χ0) is 15.0. The van der Waals surface area contributed by atoms with E-state index in [-0.39, 0.29) is 23.7 Å². The van der Waals surface area contributed by atoms with Crippen molar-refractivity contribution in [3.63, 3.8) is 0 Å². The molecule has 2 aliphatic rings. The van der Waals surface area contributed by atoms with Gasteiger partial charge in [-0.1, -0.05) is 11.8 Å². The van der Waals surface area contributed by atoms with Crippen molar-refractivity contribution in [3.8, 4) is 6.07 Å². The van der Waals surface area contributed by atoms with Gasteiger partial charge >= 0.3 is 0 Å². The summed E-state index contributed by atoms with van der Waals surface area (Å²) in [6.45, 7) is 0.767. The largest absolute Gasteiger partial charge is 0.379 e. The van der Waals surface area contributed by atoms with Crippen molar-refractivity contribution in [3.05, 3.63) is 34.9 Å². The van der Waals surface area contributed by atoms with E-state index in [0.29, 0.717) is 17.5 Å². The van der Waals surface area contributed by atoms with Gasteiger partial charge in [-0.05, 0) is 12.5 Å². The minimum absolute atomic E-state index is 0.0510. The normalized spacial score (nSPS) is 28.4. The molecule has 1 aromatic carbocycles. The van der Waals surface area contributed by atoms with Crippen molar-refractivity contribution in [1.29, 1.82) is 5.26 Å². The number of halogens is 2. The third-order valence-electron chi connectivity index (χ3n) is 3.99. The predicted molar refractivity (Wildman–Crippen MR) is 75.8 cm³/mol. The predicted octanol–water partition coefficient (Wildman–Crippen LogP) is 2.13. The van der Waals surface area contributed by atoms with Crippen molar-refractivity contribution in [2.75, 3.05) is 19.0 Å². The Balaban J connectivity index is 2.20. The molecule has 7 heteroatoms. The van der Waals surface area contributed by atoms with Gasteiger partial charge in [-0.15, -0.1) is 0 Å². The van der Waals surface area contributed by atoms with Gasteiger partial charge in [0.15, 0.2) is 5.17 Å². The van der Waals surface area contributed by atoms with Crippen LogP contribution < -0.4 is 5.73 Å². The summed E-state index contributed by atoms with van der Waals surface area (Å²) >= 11 is 1.43. The number of nitriles is 1. The third kappa shape index (κ3) is 2.28. The van der Waals surface area contributed by atoms with Gasteiger partial charge in [0.05, 0.1) is 12.2 Å². The first kappa shape index (κ1) is 14.3. The van der Waals surface area contributed by atoms with Gasteiger partial charge in [-0.25, -0.2) is 13.8 Å². The van der Waals surface area contributed by atoms with E-state index in [0.717, 1.165) is 12.5 Å². The first-order valence-corrected chi connectivity index (χ1v) is 7.51. The number of nitrogens with zero attached hydrogens (tertiary/aromatic N) is 2. The summed E-state index contributed by atoms with van der Waals surface area (Å²) in [4.78, 5) is 4.43. The van der Waals surface area contributed by atoms with Crippen LogP contribution in [-0.4, -0.2) is 24.1 Å². The molecule has 2 heterocycles. The van der Waals surface area contributed by atoms with Crippen LogP contribution in [0.25, 0.3) is 0 Å². The molecule has 2 unspecified atom stereocenters. The van der Waals surface area contributed by atoms with Crippen LogP contribution in [0, 0.1) is 28.9 Å². The molecule has 1 saturated heterocycles. The Morgan fingerprint density at radius 2 is 2.24 bits per heavy atom. The van der Waals surface area contributed by atoms with Crippen molar-refractivity contribution in [2.45, 2.75) is 12.0 Å². The SMILES string of the molecule is N#Cc1cc(C23COCCC2CSC(N)=N3)c(F)cc1F. The Labute approximate surface area is 125 Å². The monoisotopic (exact) mass is 309 g/mol. The number of hydrogen-bond donors (Lipinski definition) is 1. The van der Waals surface area contributed by atoms with Gasteiger partial charge < -0.3 is 10.5 Å². The smallest absolute Gasteiger partial charge is 0.154 e. The summed E-state index contributed by atoms with van der Waals surface area (Å²) in [5.74, 6) is -0.830. The Morgan fingerprint density at radius 1 is 1.43 bits per heavy atom. The fourth-order valence-corrected chi connectivity index (χ4v) is 3.94. The zero-order valence-electron chi connectivity index (χ0n) is 11.1. The van der Waals surface area contributed by atoms with Gasteiger partial charge in [0.2, 0.25) is 0 Å². The Morgan fingerprint density at radius 3 is 3.00 bits per heavy atom. The van der Waals surface area contributed by atoms with Crippen molar-refractivity contribution < 1.29 is 13.5 Å². The van der Waals surface area contributed by atoms with Crippen molar-refractivity contribution in [2.24, 2.45) is 16.6 Å². The number of ether oxygens (including phenoxy) is 1. The molecule has 0 aromatic heterocycles. The number of benzene rings is 1. The number of aliphatic imine (C=N–C) groups is 1. The molecule has 0 spiro atoms. The van der Waals surface area contributed by atoms with Crippen LogP contribution in [0.4, 0.5) is 8.78 Å². The topological polar surface area (TPSA) is 71.4 Å². The maximum Gasteiger partial charge on any atom is 0.154 e. The molecule has 0 saturated carbocycles. The lowest BCUT2D eigenvalue weighted by Crippen LogP contribution is -2.48. The molecule has 2 N–H and O–H groups in total. The van der Waals surface area contributed by atoms with E-state index >= 15 is 0 Å². The fourth-order valence-electron chi connectivity index (χ4n) is 2.89. The maximum absolute atomic E-state index is 14.3. The molecule has 0 bridgehead atoms. The third-order valence-corrected chi connectivity index (χ3v) is 4.95. The van der Waals surface area contributed by atoms with Crippen molar-refractivity contribution >= 4 is 16.9 Å². The summed E-state index contributed by atoms with van der Waals surface area (Å²) in [7, 11) is 0. The Kier molecular flexibility index (Phi) is 3.59. The van der Waals surface area contributed by atoms with Crippen LogP contribution in [0.15, 0.2) is 17.1 Å². The highest BCUT2D eigenvalue weighted by Crippen LogP contribution is 2.45. The van der Waals surface area contributed by atoms with Crippen LogP contribution in [0.1, 0.15) is 17.5 Å². The number of fused-ring (bicyclic) bond motifs is 1. The molecule has 0 aliphatic carbocycles. The van der Waals surface area contributed by atoms with Gasteiger partial charge in [0, 0.05) is 29.9 Å². The average molecular weight is 309 g/mol. The fraction of sp³-hybridized carbons (Fsp3) is 0.429. The second-order valence-corrected chi connectivity index (χ2v) is 6.19. The first-order chi connectivity index (χ1) is 10.1. The second kappa shape index (κ2) is 5.28. The average Bonchev–Trinajstić information content (AvgIpc) is 2.47. The van der Waals surface area contributed by atoms with Gasteiger partial charge in [-0.2, -0.15) is 5.26 Å². The highest BCUT2D eigenvalue weighted by molar-refractivity contribution is 8.13. The minimum Gasteiger partial charge on any atom is -0.379 e. The number of rotatable bonds is 1. The lowest BCUT2D eigenvalue weighted by atomic mass is 9.76. The standard InChI is InChI=1S/C14H13F2N3OS/c15-11-4-12(16)10(3-8(11)5-17)14-7-20-2-1-9(14)6-21-13(18)19-14/h3-4,9H,1-2,6-7H2,(H2,18,19). The maximum atomic E-state index is 14.3. The van der Waals surface area contributed by atoms with E-state index < -0.39 is 17.2 Å². The molecule has 4 nitrogen and oxygen atoms in total. The number of nitrogens with two attached hydrogens (primary N) is 1. The van der Waals surface area contributed by atoms with E-state index in [9.17, 15) is 8.78 Å². The number of thioether (sulfide) groups is 1. The van der Waals surface area contributed by atoms with Crippen LogP contribution in [0.3, 0.4) is 0 Å². The molecule has 2 atom stereocenters. The molecule has 0 amide bonds. The van der Waals surface area contributed by atoms with E-state index in [1.54, 1.807) is 6.07 Å². The van der Waals surface area contributed by atoms with E-state index in [1.807, 2.05) is 0 Å². The van der Waals surface area contributed by atoms with Crippen molar-refractivity contribution in [1.82, 2.24) is 0 Å². The molecular formula is C14H13F2N3OS. The van der Waals surface area contributed by atoms with E-state index in [4.69, 9.17) is 15.7 Å². The molecule has 1 aromatic rings. The molecule has 1 fully saturated rings. The summed E-state index contributed by atoms with van der Waals surface area (Å²) in [5.41, 5.74) is 4.84. The van der Waals surface area contributed by atoms with E-state index in [2.05, 4.69) is 4.99 Å². The molecule has 0 radical (unpaired) electrons. The van der Waals surface area contributed by atoms with Gasteiger partial charge in [0.1, 0.15) is 23.2 Å². The van der Waals surface area contributed by atoms with E-state index in [1.165, 1.54) is 17.8 Å². The zero-order valence-corrected chi connectivity index (χ0v) is 11.9.